The van der Waals surface area contributed by atoms with Gasteiger partial charge in [-0.25, -0.2) is 4.98 Å². The quantitative estimate of drug-likeness (QED) is 0.860. The molecule has 0 unspecified atom stereocenters. The highest BCUT2D eigenvalue weighted by molar-refractivity contribution is 5.78. The van der Waals surface area contributed by atoms with E-state index in [1.807, 2.05) is 30.9 Å². The van der Waals surface area contributed by atoms with Gasteiger partial charge >= 0.3 is 0 Å². The van der Waals surface area contributed by atoms with Crippen LogP contribution < -0.4 is 5.32 Å². The summed E-state index contributed by atoms with van der Waals surface area (Å²) in [7, 11) is 0. The zero-order valence-electron chi connectivity index (χ0n) is 16.4. The number of nitrogens with zero attached hydrogens (tertiary/aromatic N) is 5. The molecule has 0 saturated carbocycles. The number of amides is 1. The third-order valence-electron chi connectivity index (χ3n) is 4.77. The molecule has 0 aromatic carbocycles. The van der Waals surface area contributed by atoms with Crippen molar-refractivity contribution in [3.8, 4) is 0 Å². The van der Waals surface area contributed by atoms with Crippen LogP contribution in [0.1, 0.15) is 63.8 Å². The average molecular weight is 358 g/mol. The summed E-state index contributed by atoms with van der Waals surface area (Å²) in [5.74, 6) is 1.07. The van der Waals surface area contributed by atoms with Gasteiger partial charge in [0.2, 0.25) is 5.91 Å². The smallest absolute Gasteiger partial charge is 0.226 e. The first-order chi connectivity index (χ1) is 12.3. The van der Waals surface area contributed by atoms with Gasteiger partial charge in [0.25, 0.3) is 0 Å². The van der Waals surface area contributed by atoms with Gasteiger partial charge in [-0.2, -0.15) is 5.10 Å². The summed E-state index contributed by atoms with van der Waals surface area (Å²) in [4.78, 5) is 19.2. The van der Waals surface area contributed by atoms with E-state index in [-0.39, 0.29) is 18.0 Å². The molecule has 0 bridgehead atoms. The van der Waals surface area contributed by atoms with Crippen molar-refractivity contribution in [1.29, 1.82) is 0 Å². The van der Waals surface area contributed by atoms with Crippen LogP contribution in [0.2, 0.25) is 0 Å². The molecule has 1 aliphatic heterocycles. The Hall–Kier alpha value is -2.15. The topological polar surface area (TPSA) is 68.0 Å². The molecular formula is C19H30N6O. The van der Waals surface area contributed by atoms with E-state index in [2.05, 4.69) is 46.9 Å². The second kappa shape index (κ2) is 7.61. The highest BCUT2D eigenvalue weighted by Crippen LogP contribution is 2.26. The predicted octanol–water partition coefficient (Wildman–Crippen LogP) is 2.30. The number of carbonyl (C=O) groups is 1. The third-order valence-corrected chi connectivity index (χ3v) is 4.77. The van der Waals surface area contributed by atoms with E-state index in [9.17, 15) is 4.79 Å². The van der Waals surface area contributed by atoms with Crippen LogP contribution in [0.25, 0.3) is 0 Å². The van der Waals surface area contributed by atoms with E-state index in [4.69, 9.17) is 4.98 Å². The van der Waals surface area contributed by atoms with Crippen molar-refractivity contribution < 1.29 is 4.79 Å². The number of carbonyl (C=O) groups excluding carboxylic acids is 1. The van der Waals surface area contributed by atoms with Gasteiger partial charge in [0, 0.05) is 49.7 Å². The van der Waals surface area contributed by atoms with E-state index in [0.717, 1.165) is 31.2 Å². The molecule has 142 valence electrons. The van der Waals surface area contributed by atoms with Crippen molar-refractivity contribution in [2.75, 3.05) is 6.54 Å². The molecule has 7 nitrogen and oxygen atoms in total. The van der Waals surface area contributed by atoms with Gasteiger partial charge in [-0.15, -0.1) is 0 Å². The minimum absolute atomic E-state index is 0.0288. The van der Waals surface area contributed by atoms with Crippen LogP contribution >= 0.6 is 0 Å². The van der Waals surface area contributed by atoms with Crippen LogP contribution in [0.15, 0.2) is 18.6 Å². The van der Waals surface area contributed by atoms with Gasteiger partial charge < -0.3 is 9.88 Å². The van der Waals surface area contributed by atoms with Crippen LogP contribution in [-0.4, -0.2) is 42.7 Å². The molecule has 3 heterocycles. The monoisotopic (exact) mass is 358 g/mol. The number of hydrogen-bond acceptors (Lipinski definition) is 4. The fourth-order valence-corrected chi connectivity index (χ4v) is 3.41. The van der Waals surface area contributed by atoms with E-state index >= 15 is 0 Å². The Kier molecular flexibility index (Phi) is 5.46. The van der Waals surface area contributed by atoms with Crippen molar-refractivity contribution in [1.82, 2.24) is 29.5 Å². The highest BCUT2D eigenvalue weighted by atomic mass is 16.1. The summed E-state index contributed by atoms with van der Waals surface area (Å²) in [6.45, 7) is 13.1. The second-order valence-electron chi connectivity index (χ2n) is 7.75. The van der Waals surface area contributed by atoms with E-state index < -0.39 is 0 Å². The molecule has 3 rings (SSSR count). The molecule has 2 aromatic rings. The SMILES string of the molecule is CC(C)NC(=O)Cc1cn2c(n1)[C@H](C)N(Cc1cnn(C(C)C)c1)CC2. The van der Waals surface area contributed by atoms with Crippen LogP contribution in [0.4, 0.5) is 0 Å². The Bertz CT molecular complexity index is 760. The molecular weight excluding hydrogens is 328 g/mol. The zero-order chi connectivity index (χ0) is 18.8. The zero-order valence-corrected chi connectivity index (χ0v) is 16.4. The normalized spacial score (nSPS) is 17.7. The minimum Gasteiger partial charge on any atom is -0.354 e. The molecule has 26 heavy (non-hydrogen) atoms. The summed E-state index contributed by atoms with van der Waals surface area (Å²) >= 11 is 0. The van der Waals surface area contributed by atoms with Crippen LogP contribution in [0.3, 0.4) is 0 Å². The molecule has 1 amide bonds. The Balaban J connectivity index is 1.67. The maximum absolute atomic E-state index is 12.0. The van der Waals surface area contributed by atoms with Gasteiger partial charge in [-0.05, 0) is 34.6 Å². The Morgan fingerprint density at radius 3 is 2.69 bits per heavy atom. The van der Waals surface area contributed by atoms with Crippen molar-refractivity contribution in [3.63, 3.8) is 0 Å². The summed E-state index contributed by atoms with van der Waals surface area (Å²) in [6.07, 6.45) is 6.45. The lowest BCUT2D eigenvalue weighted by molar-refractivity contribution is -0.120. The molecule has 0 radical (unpaired) electrons. The maximum atomic E-state index is 12.0. The summed E-state index contributed by atoms with van der Waals surface area (Å²) in [6, 6.07) is 0.745. The molecule has 1 atom stereocenters. The standard InChI is InChI=1S/C19H30N6O/c1-13(2)21-18(26)8-17-12-24-7-6-23(15(5)19(24)22-17)10-16-9-20-25(11-16)14(3)4/h9,11-15H,6-8,10H2,1-5H3,(H,21,26)/t15-/m0/s1. The lowest BCUT2D eigenvalue weighted by Crippen LogP contribution is -2.36. The maximum Gasteiger partial charge on any atom is 0.226 e. The lowest BCUT2D eigenvalue weighted by Gasteiger charge is -2.33. The largest absolute Gasteiger partial charge is 0.354 e. The van der Waals surface area contributed by atoms with Gasteiger partial charge in [0.1, 0.15) is 5.82 Å². The molecule has 1 aliphatic rings. The lowest BCUT2D eigenvalue weighted by atomic mass is 10.2. The fourth-order valence-electron chi connectivity index (χ4n) is 3.41. The number of fused-ring (bicyclic) bond motifs is 1. The van der Waals surface area contributed by atoms with Crippen molar-refractivity contribution in [2.45, 2.75) is 72.3 Å². The van der Waals surface area contributed by atoms with Crippen LogP contribution in [0, 0.1) is 0 Å². The first-order valence-corrected chi connectivity index (χ1v) is 9.46. The highest BCUT2D eigenvalue weighted by Gasteiger charge is 2.27. The number of hydrogen-bond donors (Lipinski definition) is 1. The average Bonchev–Trinajstić information content (AvgIpc) is 3.16. The van der Waals surface area contributed by atoms with Gasteiger partial charge in [0.15, 0.2) is 0 Å². The van der Waals surface area contributed by atoms with Crippen molar-refractivity contribution in [3.05, 3.63) is 35.7 Å². The van der Waals surface area contributed by atoms with Crippen molar-refractivity contribution in [2.24, 2.45) is 0 Å². The number of rotatable bonds is 6. The molecule has 0 aliphatic carbocycles. The minimum atomic E-state index is 0.0288. The van der Waals surface area contributed by atoms with Gasteiger partial charge in [-0.3, -0.25) is 14.4 Å². The molecule has 0 fully saturated rings. The van der Waals surface area contributed by atoms with E-state index in [1.165, 1.54) is 5.56 Å². The van der Waals surface area contributed by atoms with Gasteiger partial charge in [-0.1, -0.05) is 0 Å². The summed E-state index contributed by atoms with van der Waals surface area (Å²) in [5.41, 5.74) is 2.07. The van der Waals surface area contributed by atoms with E-state index in [1.54, 1.807) is 0 Å². The Morgan fingerprint density at radius 2 is 2.04 bits per heavy atom. The number of imidazole rings is 1. The van der Waals surface area contributed by atoms with Gasteiger partial charge in [0.05, 0.1) is 24.4 Å². The first-order valence-electron chi connectivity index (χ1n) is 9.46. The van der Waals surface area contributed by atoms with Crippen LogP contribution in [-0.2, 0) is 24.3 Å². The predicted molar refractivity (Wildman–Crippen MR) is 101 cm³/mol. The number of nitrogens with one attached hydrogen (secondary N) is 1. The Morgan fingerprint density at radius 1 is 1.27 bits per heavy atom. The molecule has 0 spiro atoms. The van der Waals surface area contributed by atoms with Crippen LogP contribution in [0.5, 0.6) is 0 Å². The first kappa shape index (κ1) is 18.6. The van der Waals surface area contributed by atoms with E-state index in [0.29, 0.717) is 12.5 Å². The van der Waals surface area contributed by atoms with Crippen molar-refractivity contribution >= 4 is 5.91 Å². The number of aromatic nitrogens is 4. The molecule has 0 saturated heterocycles. The summed E-state index contributed by atoms with van der Waals surface area (Å²) < 4.78 is 4.19. The molecule has 2 aromatic heterocycles. The fraction of sp³-hybridized carbons (Fsp3) is 0.632. The third kappa shape index (κ3) is 4.15. The second-order valence-corrected chi connectivity index (χ2v) is 7.75. The summed E-state index contributed by atoms with van der Waals surface area (Å²) in [5, 5.41) is 7.36. The molecule has 1 N–H and O–H groups in total. The molecule has 7 heteroatoms. The Labute approximate surface area is 155 Å².